The van der Waals surface area contributed by atoms with Crippen LogP contribution < -0.4 is 19.1 Å². The van der Waals surface area contributed by atoms with Crippen LogP contribution in [0.4, 0.5) is 11.4 Å². The molecule has 2 rings (SSSR count). The molecule has 0 atom stereocenters. The molecule has 2 aromatic carbocycles. The van der Waals surface area contributed by atoms with E-state index >= 15 is 0 Å². The number of ether oxygens (including phenoxy) is 1. The van der Waals surface area contributed by atoms with Crippen molar-refractivity contribution in [3.05, 3.63) is 46.9 Å². The lowest BCUT2D eigenvalue weighted by Crippen LogP contribution is -2.37. The van der Waals surface area contributed by atoms with Crippen molar-refractivity contribution in [3.63, 3.8) is 0 Å². The van der Waals surface area contributed by atoms with Gasteiger partial charge in [-0.3, -0.25) is 9.10 Å². The summed E-state index contributed by atoms with van der Waals surface area (Å²) >= 11 is 3.28. The maximum atomic E-state index is 12.7. The Kier molecular flexibility index (Phi) is 8.09. The summed E-state index contributed by atoms with van der Waals surface area (Å²) in [4.78, 5) is 12.6. The van der Waals surface area contributed by atoms with E-state index in [9.17, 15) is 21.6 Å². The van der Waals surface area contributed by atoms with Gasteiger partial charge >= 0.3 is 0 Å². The van der Waals surface area contributed by atoms with Crippen LogP contribution in [0.1, 0.15) is 13.8 Å². The molecule has 31 heavy (non-hydrogen) atoms. The van der Waals surface area contributed by atoms with Crippen LogP contribution in [0, 0.1) is 0 Å². The Bertz CT molecular complexity index is 1170. The first-order chi connectivity index (χ1) is 14.3. The number of nitrogens with zero attached hydrogens (tertiary/aromatic N) is 1. The van der Waals surface area contributed by atoms with Crippen molar-refractivity contribution in [1.29, 1.82) is 0 Å². The molecule has 0 spiro atoms. The van der Waals surface area contributed by atoms with Crippen molar-refractivity contribution in [2.45, 2.75) is 24.8 Å². The number of anilines is 2. The van der Waals surface area contributed by atoms with Gasteiger partial charge in [-0.15, -0.1) is 0 Å². The molecule has 0 heterocycles. The Labute approximate surface area is 191 Å². The first kappa shape index (κ1) is 25.1. The van der Waals surface area contributed by atoms with Crippen LogP contribution >= 0.6 is 15.9 Å². The largest absolute Gasteiger partial charge is 0.495 e. The fourth-order valence-corrected chi connectivity index (χ4v) is 5.19. The monoisotopic (exact) mass is 533 g/mol. The second-order valence-corrected chi connectivity index (χ2v) is 11.5. The fraction of sp³-hybridized carbons (Fsp3) is 0.316. The van der Waals surface area contributed by atoms with Gasteiger partial charge in [0.2, 0.25) is 26.0 Å². The summed E-state index contributed by atoms with van der Waals surface area (Å²) in [6, 6.07) is 10.2. The standard InChI is InChI=1S/C19H24BrN3O6S2/c1-13(2)22-31(27,28)16-8-9-18(29-3)17(11-16)21-19(24)12-23(30(4,25)26)15-7-5-6-14(20)10-15/h5-11,13,22H,12H2,1-4H3,(H,21,24). The van der Waals surface area contributed by atoms with Crippen LogP contribution in [0.5, 0.6) is 5.75 Å². The van der Waals surface area contributed by atoms with E-state index in [0.717, 1.165) is 10.6 Å². The smallest absolute Gasteiger partial charge is 0.245 e. The number of nitrogens with one attached hydrogen (secondary N) is 2. The van der Waals surface area contributed by atoms with Gasteiger partial charge in [0.05, 0.1) is 29.6 Å². The van der Waals surface area contributed by atoms with Gasteiger partial charge in [-0.05, 0) is 50.2 Å². The van der Waals surface area contributed by atoms with Gasteiger partial charge in [0.25, 0.3) is 0 Å². The maximum absolute atomic E-state index is 12.7. The molecule has 0 aliphatic heterocycles. The highest BCUT2D eigenvalue weighted by Crippen LogP contribution is 2.28. The highest BCUT2D eigenvalue weighted by Gasteiger charge is 2.23. The van der Waals surface area contributed by atoms with E-state index in [-0.39, 0.29) is 22.4 Å². The zero-order chi connectivity index (χ0) is 23.4. The molecular weight excluding hydrogens is 510 g/mol. The van der Waals surface area contributed by atoms with E-state index in [1.165, 1.54) is 25.3 Å². The Morgan fingerprint density at radius 3 is 2.35 bits per heavy atom. The lowest BCUT2D eigenvalue weighted by molar-refractivity contribution is -0.114. The number of hydrogen-bond acceptors (Lipinski definition) is 6. The second kappa shape index (κ2) is 9.98. The molecule has 0 radical (unpaired) electrons. The predicted octanol–water partition coefficient (Wildman–Crippen LogP) is 2.55. The van der Waals surface area contributed by atoms with E-state index in [2.05, 4.69) is 26.0 Å². The number of hydrogen-bond donors (Lipinski definition) is 2. The first-order valence-electron chi connectivity index (χ1n) is 9.07. The van der Waals surface area contributed by atoms with Crippen LogP contribution in [0.15, 0.2) is 51.8 Å². The molecule has 0 saturated heterocycles. The molecule has 1 amide bonds. The van der Waals surface area contributed by atoms with Gasteiger partial charge < -0.3 is 10.1 Å². The topological polar surface area (TPSA) is 122 Å². The minimum atomic E-state index is -3.81. The van der Waals surface area contributed by atoms with Crippen LogP contribution in [0.25, 0.3) is 0 Å². The summed E-state index contributed by atoms with van der Waals surface area (Å²) in [5.74, 6) is -0.444. The molecule has 2 N–H and O–H groups in total. The number of methoxy groups -OCH3 is 1. The Balaban J connectivity index is 2.34. The summed E-state index contributed by atoms with van der Waals surface area (Å²) in [7, 11) is -6.20. The number of rotatable bonds is 9. The number of halogens is 1. The van der Waals surface area contributed by atoms with Crippen molar-refractivity contribution < 1.29 is 26.4 Å². The summed E-state index contributed by atoms with van der Waals surface area (Å²) in [5.41, 5.74) is 0.401. The zero-order valence-electron chi connectivity index (χ0n) is 17.4. The molecule has 9 nitrogen and oxygen atoms in total. The average molecular weight is 534 g/mol. The summed E-state index contributed by atoms with van der Waals surface area (Å²) in [6.07, 6.45) is 0.993. The Morgan fingerprint density at radius 2 is 1.81 bits per heavy atom. The molecule has 0 bridgehead atoms. The molecule has 0 fully saturated rings. The molecule has 2 aromatic rings. The summed E-state index contributed by atoms with van der Waals surface area (Å²) in [5, 5.41) is 2.54. The molecule has 0 aliphatic carbocycles. The van der Waals surface area contributed by atoms with Crippen LogP contribution in [-0.2, 0) is 24.8 Å². The van der Waals surface area contributed by atoms with Crippen LogP contribution in [0.2, 0.25) is 0 Å². The quantitative estimate of drug-likeness (QED) is 0.510. The fourth-order valence-electron chi connectivity index (χ4n) is 2.68. The molecule has 12 heteroatoms. The number of carbonyl (C=O) groups excluding carboxylic acids is 1. The van der Waals surface area contributed by atoms with Crippen LogP contribution in [-0.4, -0.2) is 48.7 Å². The Hall–Kier alpha value is -2.15. The average Bonchev–Trinajstić information content (AvgIpc) is 2.64. The summed E-state index contributed by atoms with van der Waals surface area (Å²) < 4.78 is 58.7. The van der Waals surface area contributed by atoms with E-state index in [1.807, 2.05) is 0 Å². The predicted molar refractivity (Wildman–Crippen MR) is 123 cm³/mol. The molecule has 0 aliphatic rings. The van der Waals surface area contributed by atoms with Gasteiger partial charge in [-0.1, -0.05) is 22.0 Å². The highest BCUT2D eigenvalue weighted by molar-refractivity contribution is 9.10. The molecule has 170 valence electrons. The second-order valence-electron chi connectivity index (χ2n) is 6.94. The third kappa shape index (κ3) is 6.92. The zero-order valence-corrected chi connectivity index (χ0v) is 20.6. The van der Waals surface area contributed by atoms with Gasteiger partial charge in [0.15, 0.2) is 0 Å². The van der Waals surface area contributed by atoms with Crippen molar-refractivity contribution >= 4 is 53.3 Å². The van der Waals surface area contributed by atoms with Crippen molar-refractivity contribution in [2.75, 3.05) is 29.5 Å². The van der Waals surface area contributed by atoms with E-state index in [0.29, 0.717) is 10.2 Å². The number of carbonyl (C=O) groups is 1. The van der Waals surface area contributed by atoms with Crippen molar-refractivity contribution in [3.8, 4) is 5.75 Å². The number of sulfonamides is 2. The van der Waals surface area contributed by atoms with Gasteiger partial charge in [-0.25, -0.2) is 21.6 Å². The van der Waals surface area contributed by atoms with Crippen LogP contribution in [0.3, 0.4) is 0 Å². The third-order valence-corrected chi connectivity index (χ3v) is 7.22. The molecule has 0 saturated carbocycles. The maximum Gasteiger partial charge on any atom is 0.245 e. The van der Waals surface area contributed by atoms with E-state index in [1.54, 1.807) is 38.1 Å². The lowest BCUT2D eigenvalue weighted by atomic mass is 10.3. The highest BCUT2D eigenvalue weighted by atomic mass is 79.9. The lowest BCUT2D eigenvalue weighted by Gasteiger charge is -2.22. The Morgan fingerprint density at radius 1 is 1.13 bits per heavy atom. The summed E-state index contributed by atoms with van der Waals surface area (Å²) in [6.45, 7) is 2.86. The van der Waals surface area contributed by atoms with E-state index < -0.39 is 32.5 Å². The number of benzene rings is 2. The van der Waals surface area contributed by atoms with E-state index in [4.69, 9.17) is 4.74 Å². The minimum Gasteiger partial charge on any atom is -0.495 e. The van der Waals surface area contributed by atoms with Crippen molar-refractivity contribution in [1.82, 2.24) is 4.72 Å². The molecule has 0 unspecified atom stereocenters. The van der Waals surface area contributed by atoms with Gasteiger partial charge in [0, 0.05) is 10.5 Å². The normalized spacial score (nSPS) is 11.9. The van der Waals surface area contributed by atoms with Gasteiger partial charge in [-0.2, -0.15) is 0 Å². The van der Waals surface area contributed by atoms with Crippen molar-refractivity contribution in [2.24, 2.45) is 0 Å². The van der Waals surface area contributed by atoms with Gasteiger partial charge in [0.1, 0.15) is 12.3 Å². The molecule has 0 aromatic heterocycles. The minimum absolute atomic E-state index is 0.0655. The first-order valence-corrected chi connectivity index (χ1v) is 13.2. The SMILES string of the molecule is COc1ccc(S(=O)(=O)NC(C)C)cc1NC(=O)CN(c1cccc(Br)c1)S(C)(=O)=O. The molecular formula is C19H24BrN3O6S2. The number of amides is 1. The third-order valence-electron chi connectivity index (χ3n) is 3.93.